The third-order valence-electron chi connectivity index (χ3n) is 5.52. The van der Waals surface area contributed by atoms with Crippen molar-refractivity contribution in [2.75, 3.05) is 6.54 Å². The molecule has 0 saturated carbocycles. The third kappa shape index (κ3) is 4.06. The molecule has 4 rings (SSSR count). The normalized spacial score (nSPS) is 16.4. The molecule has 1 atom stereocenters. The van der Waals surface area contributed by atoms with Crippen LogP contribution in [0.2, 0.25) is 0 Å². The highest BCUT2D eigenvalue weighted by molar-refractivity contribution is 5.32. The smallest absolute Gasteiger partial charge is 0.284 e. The molecule has 0 fully saturated rings. The number of nitrogens with one attached hydrogen (secondary N) is 2. The zero-order chi connectivity index (χ0) is 18.5. The zero-order valence-electron chi connectivity index (χ0n) is 15.5. The molecule has 1 unspecified atom stereocenters. The fourth-order valence-corrected chi connectivity index (χ4v) is 4.18. The van der Waals surface area contributed by atoms with E-state index in [-0.39, 0.29) is 11.6 Å². The van der Waals surface area contributed by atoms with Crippen LogP contribution in [0.3, 0.4) is 0 Å². The van der Waals surface area contributed by atoms with E-state index in [4.69, 9.17) is 4.52 Å². The molecule has 4 heteroatoms. The zero-order valence-corrected chi connectivity index (χ0v) is 15.5. The van der Waals surface area contributed by atoms with Crippen LogP contribution in [0.1, 0.15) is 60.1 Å². The Morgan fingerprint density at radius 1 is 1.04 bits per heavy atom. The summed E-state index contributed by atoms with van der Waals surface area (Å²) in [6.45, 7) is 0.894. The Balaban J connectivity index is 1.39. The van der Waals surface area contributed by atoms with E-state index in [2.05, 4.69) is 71.1 Å². The van der Waals surface area contributed by atoms with E-state index in [1.54, 1.807) is 0 Å². The van der Waals surface area contributed by atoms with Gasteiger partial charge in [0.05, 0.1) is 5.56 Å². The van der Waals surface area contributed by atoms with Gasteiger partial charge in [-0.05, 0) is 43.4 Å². The number of hydrogen-bond donors (Lipinski definition) is 2. The minimum Gasteiger partial charge on any atom is -0.383 e. The predicted octanol–water partition coefficient (Wildman–Crippen LogP) is 4.55. The van der Waals surface area contributed by atoms with Gasteiger partial charge in [0.15, 0.2) is 0 Å². The van der Waals surface area contributed by atoms with E-state index in [1.165, 1.54) is 11.1 Å². The number of aromatic nitrogens is 1. The van der Waals surface area contributed by atoms with Gasteiger partial charge in [-0.1, -0.05) is 60.7 Å². The lowest BCUT2D eigenvalue weighted by Crippen LogP contribution is -2.29. The number of aryl methyl sites for hydroxylation is 1. The quantitative estimate of drug-likeness (QED) is 0.606. The van der Waals surface area contributed by atoms with Crippen LogP contribution in [0, 0.1) is 0 Å². The molecule has 27 heavy (non-hydrogen) atoms. The van der Waals surface area contributed by atoms with Gasteiger partial charge in [-0.25, -0.2) is 0 Å². The van der Waals surface area contributed by atoms with Crippen LogP contribution >= 0.6 is 0 Å². The molecule has 1 aliphatic carbocycles. The molecule has 2 N–H and O–H groups in total. The lowest BCUT2D eigenvalue weighted by atomic mass is 9.87. The van der Waals surface area contributed by atoms with Crippen molar-refractivity contribution in [3.8, 4) is 0 Å². The number of hydrogen-bond acceptors (Lipinski definition) is 3. The fourth-order valence-electron chi connectivity index (χ4n) is 4.18. The van der Waals surface area contributed by atoms with E-state index >= 15 is 0 Å². The van der Waals surface area contributed by atoms with Crippen molar-refractivity contribution >= 4 is 0 Å². The topological polar surface area (TPSA) is 58.0 Å². The standard InChI is InChI=1S/C23H26N2O2/c26-23-22-20(14-7-15-21(22)27-25-23)24-16-8-13-19(17-9-3-1-4-10-17)18-11-5-2-6-12-18/h1-6,9-12,19-20,24H,7-8,13-16H2,(H,25,26). The van der Waals surface area contributed by atoms with Crippen LogP contribution in [-0.4, -0.2) is 11.7 Å². The Labute approximate surface area is 159 Å². The van der Waals surface area contributed by atoms with Gasteiger partial charge in [0.1, 0.15) is 5.76 Å². The molecule has 0 aliphatic heterocycles. The maximum Gasteiger partial charge on any atom is 0.284 e. The first-order valence-corrected chi connectivity index (χ1v) is 9.86. The van der Waals surface area contributed by atoms with Crippen LogP contribution in [0.4, 0.5) is 0 Å². The number of rotatable bonds is 7. The van der Waals surface area contributed by atoms with E-state index < -0.39 is 0 Å². The highest BCUT2D eigenvalue weighted by Crippen LogP contribution is 2.30. The minimum atomic E-state index is -0.0753. The average Bonchev–Trinajstić information content (AvgIpc) is 3.11. The second kappa shape index (κ2) is 8.40. The summed E-state index contributed by atoms with van der Waals surface area (Å²) in [6, 6.07) is 21.5. The average molecular weight is 362 g/mol. The summed E-state index contributed by atoms with van der Waals surface area (Å²) in [6.07, 6.45) is 5.03. The Kier molecular flexibility index (Phi) is 5.54. The molecule has 4 nitrogen and oxygen atoms in total. The van der Waals surface area contributed by atoms with Crippen LogP contribution in [-0.2, 0) is 6.42 Å². The molecule has 1 aromatic heterocycles. The van der Waals surface area contributed by atoms with Gasteiger partial charge in [-0.2, -0.15) is 5.16 Å². The van der Waals surface area contributed by atoms with Crippen LogP contribution in [0.15, 0.2) is 70.0 Å². The molecule has 1 heterocycles. The predicted molar refractivity (Wildman–Crippen MR) is 107 cm³/mol. The lowest BCUT2D eigenvalue weighted by molar-refractivity contribution is 0.352. The molecule has 0 radical (unpaired) electrons. The number of benzene rings is 2. The van der Waals surface area contributed by atoms with Crippen molar-refractivity contribution in [1.29, 1.82) is 0 Å². The van der Waals surface area contributed by atoms with Crippen molar-refractivity contribution in [2.45, 2.75) is 44.1 Å². The van der Waals surface area contributed by atoms with Crippen LogP contribution in [0.25, 0.3) is 0 Å². The Morgan fingerprint density at radius 2 is 1.70 bits per heavy atom. The highest BCUT2D eigenvalue weighted by atomic mass is 16.5. The summed E-state index contributed by atoms with van der Waals surface area (Å²) in [4.78, 5) is 12.0. The van der Waals surface area contributed by atoms with E-state index in [1.807, 2.05) is 0 Å². The van der Waals surface area contributed by atoms with Crippen LogP contribution < -0.4 is 10.9 Å². The first kappa shape index (κ1) is 17.8. The lowest BCUT2D eigenvalue weighted by Gasteiger charge is -2.22. The van der Waals surface area contributed by atoms with Gasteiger partial charge in [-0.15, -0.1) is 0 Å². The summed E-state index contributed by atoms with van der Waals surface area (Å²) in [5.74, 6) is 1.23. The molecule has 140 valence electrons. The van der Waals surface area contributed by atoms with Gasteiger partial charge in [0.25, 0.3) is 5.56 Å². The van der Waals surface area contributed by atoms with Gasteiger partial charge in [0, 0.05) is 18.4 Å². The van der Waals surface area contributed by atoms with Crippen molar-refractivity contribution in [3.63, 3.8) is 0 Å². The summed E-state index contributed by atoms with van der Waals surface area (Å²) >= 11 is 0. The maximum absolute atomic E-state index is 12.0. The van der Waals surface area contributed by atoms with Crippen molar-refractivity contribution in [3.05, 3.63) is 93.5 Å². The van der Waals surface area contributed by atoms with E-state index in [0.717, 1.165) is 50.0 Å². The van der Waals surface area contributed by atoms with Gasteiger partial charge in [-0.3, -0.25) is 4.79 Å². The fraction of sp³-hybridized carbons (Fsp3) is 0.348. The third-order valence-corrected chi connectivity index (χ3v) is 5.52. The van der Waals surface area contributed by atoms with Crippen molar-refractivity contribution in [2.24, 2.45) is 0 Å². The largest absolute Gasteiger partial charge is 0.383 e. The van der Waals surface area contributed by atoms with Gasteiger partial charge in [0.2, 0.25) is 0 Å². The Morgan fingerprint density at radius 3 is 2.37 bits per heavy atom. The summed E-state index contributed by atoms with van der Waals surface area (Å²) in [5, 5.41) is 6.07. The molecule has 0 amide bonds. The molecule has 2 aromatic carbocycles. The second-order valence-corrected chi connectivity index (χ2v) is 7.29. The number of H-pyrrole nitrogens is 1. The SMILES string of the molecule is O=c1[nH]oc2c1C(NCCCC(c1ccccc1)c1ccccc1)CCC2. The minimum absolute atomic E-state index is 0.0753. The second-order valence-electron chi connectivity index (χ2n) is 7.29. The number of aromatic amines is 1. The van der Waals surface area contributed by atoms with Gasteiger partial charge < -0.3 is 9.84 Å². The molecule has 0 saturated heterocycles. The van der Waals surface area contributed by atoms with Crippen molar-refractivity contribution in [1.82, 2.24) is 10.5 Å². The molecular weight excluding hydrogens is 336 g/mol. The summed E-state index contributed by atoms with van der Waals surface area (Å²) in [7, 11) is 0. The first-order chi connectivity index (χ1) is 13.3. The van der Waals surface area contributed by atoms with Gasteiger partial charge >= 0.3 is 0 Å². The summed E-state index contributed by atoms with van der Waals surface area (Å²) in [5.41, 5.74) is 3.45. The Hall–Kier alpha value is -2.59. The van der Waals surface area contributed by atoms with E-state index in [9.17, 15) is 4.79 Å². The molecular formula is C23H26N2O2. The summed E-state index contributed by atoms with van der Waals surface area (Å²) < 4.78 is 5.30. The number of fused-ring (bicyclic) bond motifs is 1. The molecule has 0 bridgehead atoms. The highest BCUT2D eigenvalue weighted by Gasteiger charge is 2.26. The first-order valence-electron chi connectivity index (χ1n) is 9.86. The maximum atomic E-state index is 12.0. The monoisotopic (exact) mass is 362 g/mol. The Bertz CT molecular complexity index is 859. The van der Waals surface area contributed by atoms with E-state index in [0.29, 0.717) is 5.92 Å². The van der Waals surface area contributed by atoms with Crippen LogP contribution in [0.5, 0.6) is 0 Å². The molecule has 0 spiro atoms. The van der Waals surface area contributed by atoms with Crippen molar-refractivity contribution < 1.29 is 4.52 Å². The molecule has 1 aliphatic rings. The molecule has 3 aromatic rings.